The quantitative estimate of drug-likeness (QED) is 0.869. The average Bonchev–Trinajstić information content (AvgIpc) is 2.92. The summed E-state index contributed by atoms with van der Waals surface area (Å²) in [5, 5.41) is 0. The van der Waals surface area contributed by atoms with E-state index in [-0.39, 0.29) is 23.8 Å². The molecule has 1 N–H and O–H groups in total. The molecule has 0 saturated carbocycles. The molecule has 110 valence electrons. The Labute approximate surface area is 127 Å². The van der Waals surface area contributed by atoms with Crippen molar-refractivity contribution in [1.29, 1.82) is 0 Å². The normalized spacial score (nSPS) is 15.6. The van der Waals surface area contributed by atoms with E-state index in [4.69, 9.17) is 0 Å². The Bertz CT molecular complexity index is 583. The van der Waals surface area contributed by atoms with Gasteiger partial charge in [-0.1, -0.05) is 22.0 Å². The minimum Gasteiger partial charge on any atom is -0.343 e. The Balaban J connectivity index is 1.88. The van der Waals surface area contributed by atoms with Gasteiger partial charge in [-0.25, -0.2) is 13.1 Å². The number of hydrogen-bond acceptors (Lipinski definition) is 3. The maximum Gasteiger partial charge on any atom is 0.240 e. The van der Waals surface area contributed by atoms with Crippen LogP contribution < -0.4 is 4.72 Å². The van der Waals surface area contributed by atoms with Crippen LogP contribution >= 0.6 is 15.9 Å². The lowest BCUT2D eigenvalue weighted by Crippen LogP contribution is -2.32. The molecule has 0 bridgehead atoms. The summed E-state index contributed by atoms with van der Waals surface area (Å²) in [4.78, 5) is 13.8. The van der Waals surface area contributed by atoms with Crippen molar-refractivity contribution in [1.82, 2.24) is 9.62 Å². The standard InChI is InChI=1S/C13H17BrN2O3S/c14-11-4-3-5-12(10-11)20(18,19)15-7-6-13(17)16-8-1-2-9-16/h3-5,10,15H,1-2,6-9H2. The molecule has 0 spiro atoms. The summed E-state index contributed by atoms with van der Waals surface area (Å²) in [6.07, 6.45) is 2.28. The van der Waals surface area contributed by atoms with Gasteiger partial charge in [-0.2, -0.15) is 0 Å². The van der Waals surface area contributed by atoms with Crippen LogP contribution in [-0.4, -0.2) is 38.9 Å². The molecule has 1 aromatic rings. The zero-order chi connectivity index (χ0) is 14.6. The van der Waals surface area contributed by atoms with Gasteiger partial charge in [-0.3, -0.25) is 4.79 Å². The van der Waals surface area contributed by atoms with E-state index in [9.17, 15) is 13.2 Å². The summed E-state index contributed by atoms with van der Waals surface area (Å²) in [5.41, 5.74) is 0. The topological polar surface area (TPSA) is 66.5 Å². The number of carbonyl (C=O) groups is 1. The third-order valence-corrected chi connectivity index (χ3v) is 5.15. The molecule has 1 heterocycles. The van der Waals surface area contributed by atoms with Gasteiger partial charge in [0.15, 0.2) is 0 Å². The van der Waals surface area contributed by atoms with Gasteiger partial charge in [-0.05, 0) is 31.0 Å². The van der Waals surface area contributed by atoms with E-state index < -0.39 is 10.0 Å². The summed E-state index contributed by atoms with van der Waals surface area (Å²) in [6, 6.07) is 6.48. The van der Waals surface area contributed by atoms with Crippen molar-refractivity contribution < 1.29 is 13.2 Å². The van der Waals surface area contributed by atoms with Crippen molar-refractivity contribution in [3.05, 3.63) is 28.7 Å². The fourth-order valence-electron chi connectivity index (χ4n) is 2.13. The Morgan fingerprint density at radius 1 is 1.30 bits per heavy atom. The summed E-state index contributed by atoms with van der Waals surface area (Å²) in [5.74, 6) is 0.0134. The van der Waals surface area contributed by atoms with E-state index in [1.807, 2.05) is 0 Å². The van der Waals surface area contributed by atoms with E-state index in [1.165, 1.54) is 12.1 Å². The summed E-state index contributed by atoms with van der Waals surface area (Å²) < 4.78 is 27.2. The van der Waals surface area contributed by atoms with Crippen LogP contribution in [0.25, 0.3) is 0 Å². The van der Waals surface area contributed by atoms with Crippen molar-refractivity contribution in [3.8, 4) is 0 Å². The SMILES string of the molecule is O=C(CCNS(=O)(=O)c1cccc(Br)c1)N1CCCC1. The van der Waals surface area contributed by atoms with Crippen LogP contribution in [0.15, 0.2) is 33.6 Å². The number of likely N-dealkylation sites (tertiary alicyclic amines) is 1. The maximum absolute atomic E-state index is 12.0. The van der Waals surface area contributed by atoms with E-state index in [0.717, 1.165) is 25.9 Å². The molecule has 0 unspecified atom stereocenters. The smallest absolute Gasteiger partial charge is 0.240 e. The van der Waals surface area contributed by atoms with Crippen molar-refractivity contribution >= 4 is 31.9 Å². The van der Waals surface area contributed by atoms with Gasteiger partial charge in [0.2, 0.25) is 15.9 Å². The van der Waals surface area contributed by atoms with E-state index in [2.05, 4.69) is 20.7 Å². The second-order valence-electron chi connectivity index (χ2n) is 4.69. The number of sulfonamides is 1. The number of hydrogen-bond donors (Lipinski definition) is 1. The van der Waals surface area contributed by atoms with Gasteiger partial charge < -0.3 is 4.90 Å². The molecule has 0 aliphatic carbocycles. The predicted octanol–water partition coefficient (Wildman–Crippen LogP) is 1.74. The minimum absolute atomic E-state index is 0.0134. The van der Waals surface area contributed by atoms with Gasteiger partial charge >= 0.3 is 0 Å². The molecule has 2 rings (SSSR count). The van der Waals surface area contributed by atoms with Crippen molar-refractivity contribution in [2.75, 3.05) is 19.6 Å². The molecule has 5 nitrogen and oxygen atoms in total. The molecule has 7 heteroatoms. The molecule has 20 heavy (non-hydrogen) atoms. The molecule has 1 fully saturated rings. The van der Waals surface area contributed by atoms with Gasteiger partial charge in [0.25, 0.3) is 0 Å². The van der Waals surface area contributed by atoms with Crippen molar-refractivity contribution in [2.45, 2.75) is 24.2 Å². The number of rotatable bonds is 5. The highest BCUT2D eigenvalue weighted by atomic mass is 79.9. The average molecular weight is 361 g/mol. The fourth-order valence-corrected chi connectivity index (χ4v) is 3.76. The van der Waals surface area contributed by atoms with Crippen LogP contribution in [0.2, 0.25) is 0 Å². The van der Waals surface area contributed by atoms with Gasteiger partial charge in [0.05, 0.1) is 4.90 Å². The molecule has 0 radical (unpaired) electrons. The molecular weight excluding hydrogens is 344 g/mol. The molecule has 1 aliphatic rings. The van der Waals surface area contributed by atoms with Crippen LogP contribution in [0, 0.1) is 0 Å². The largest absolute Gasteiger partial charge is 0.343 e. The van der Waals surface area contributed by atoms with Crippen LogP contribution in [0.1, 0.15) is 19.3 Å². The first-order valence-corrected chi connectivity index (χ1v) is 8.80. The monoisotopic (exact) mass is 360 g/mol. The van der Waals surface area contributed by atoms with Crippen LogP contribution in [0.4, 0.5) is 0 Å². The minimum atomic E-state index is -3.55. The second-order valence-corrected chi connectivity index (χ2v) is 7.38. The fraction of sp³-hybridized carbons (Fsp3) is 0.462. The first-order valence-electron chi connectivity index (χ1n) is 6.52. The third-order valence-electron chi connectivity index (χ3n) is 3.20. The van der Waals surface area contributed by atoms with Crippen LogP contribution in [0.3, 0.4) is 0 Å². The van der Waals surface area contributed by atoms with Crippen LogP contribution in [-0.2, 0) is 14.8 Å². The molecule has 0 aromatic heterocycles. The zero-order valence-corrected chi connectivity index (χ0v) is 13.4. The molecule has 1 aliphatic heterocycles. The number of halogens is 1. The highest BCUT2D eigenvalue weighted by Crippen LogP contribution is 2.16. The van der Waals surface area contributed by atoms with Crippen LogP contribution in [0.5, 0.6) is 0 Å². The number of nitrogens with zero attached hydrogens (tertiary/aromatic N) is 1. The van der Waals surface area contributed by atoms with E-state index in [0.29, 0.717) is 4.47 Å². The molecule has 1 saturated heterocycles. The second kappa shape index (κ2) is 6.69. The lowest BCUT2D eigenvalue weighted by Gasteiger charge is -2.15. The number of carbonyl (C=O) groups excluding carboxylic acids is 1. The highest BCUT2D eigenvalue weighted by Gasteiger charge is 2.19. The number of benzene rings is 1. The van der Waals surface area contributed by atoms with Gasteiger partial charge in [-0.15, -0.1) is 0 Å². The van der Waals surface area contributed by atoms with Gasteiger partial charge in [0, 0.05) is 30.5 Å². The van der Waals surface area contributed by atoms with Crippen molar-refractivity contribution in [2.24, 2.45) is 0 Å². The van der Waals surface area contributed by atoms with E-state index >= 15 is 0 Å². The Hall–Kier alpha value is -0.920. The molecular formula is C13H17BrN2O3S. The van der Waals surface area contributed by atoms with Crippen molar-refractivity contribution in [3.63, 3.8) is 0 Å². The molecule has 0 atom stereocenters. The summed E-state index contributed by atoms with van der Waals surface area (Å²) in [6.45, 7) is 1.71. The lowest BCUT2D eigenvalue weighted by atomic mass is 10.4. The first kappa shape index (κ1) is 15.5. The molecule has 1 amide bonds. The molecule has 1 aromatic carbocycles. The zero-order valence-electron chi connectivity index (χ0n) is 11.0. The maximum atomic E-state index is 12.0. The highest BCUT2D eigenvalue weighted by molar-refractivity contribution is 9.10. The van der Waals surface area contributed by atoms with E-state index in [1.54, 1.807) is 17.0 Å². The first-order chi connectivity index (χ1) is 9.49. The number of nitrogens with one attached hydrogen (secondary N) is 1. The van der Waals surface area contributed by atoms with Gasteiger partial charge in [0.1, 0.15) is 0 Å². The predicted molar refractivity (Wildman–Crippen MR) is 79.8 cm³/mol. The Kier molecular flexibility index (Phi) is 5.17. The summed E-state index contributed by atoms with van der Waals surface area (Å²) in [7, 11) is -3.55. The third kappa shape index (κ3) is 4.04. The Morgan fingerprint density at radius 2 is 2.00 bits per heavy atom. The summed E-state index contributed by atoms with van der Waals surface area (Å²) >= 11 is 3.24. The lowest BCUT2D eigenvalue weighted by molar-refractivity contribution is -0.129. The Morgan fingerprint density at radius 3 is 2.65 bits per heavy atom. The number of amides is 1.